The summed E-state index contributed by atoms with van der Waals surface area (Å²) in [5.41, 5.74) is 0. The molecule has 0 aromatic rings. The molecule has 0 aromatic carbocycles. The summed E-state index contributed by atoms with van der Waals surface area (Å²) < 4.78 is 15.4. The van der Waals surface area contributed by atoms with Gasteiger partial charge in [-0.05, 0) is 198 Å². The van der Waals surface area contributed by atoms with Gasteiger partial charge in [0.1, 0.15) is 13.2 Å². The van der Waals surface area contributed by atoms with Crippen molar-refractivity contribution in [3.8, 4) is 189 Å². The third-order valence-electron chi connectivity index (χ3n) is 5.15. The zero-order valence-corrected chi connectivity index (χ0v) is 30.6. The van der Waals surface area contributed by atoms with Crippen LogP contribution in [0.1, 0.15) is 47.0 Å². The van der Waals surface area contributed by atoms with E-state index in [-0.39, 0.29) is 24.7 Å². The Balaban J connectivity index is 5.37. The minimum absolute atomic E-state index is 0.0528. The van der Waals surface area contributed by atoms with Crippen LogP contribution in [0.25, 0.3) is 0 Å². The first-order valence-electron chi connectivity index (χ1n) is 15.8. The third-order valence-corrected chi connectivity index (χ3v) is 5.15. The van der Waals surface area contributed by atoms with E-state index in [4.69, 9.17) is 19.3 Å². The highest BCUT2D eigenvalue weighted by Crippen LogP contribution is 2.19. The van der Waals surface area contributed by atoms with Gasteiger partial charge < -0.3 is 19.3 Å². The highest BCUT2D eigenvalue weighted by Gasteiger charge is 2.21. The molecule has 56 heavy (non-hydrogen) atoms. The fourth-order valence-electron chi connectivity index (χ4n) is 3.24. The van der Waals surface area contributed by atoms with Crippen LogP contribution in [0.4, 0.5) is 0 Å². The molecule has 0 aromatic heterocycles. The minimum Gasteiger partial charge on any atom is -0.481 e. The molecule has 0 fully saturated rings. The lowest BCUT2D eigenvalue weighted by molar-refractivity contribution is -0.164. The fourth-order valence-corrected chi connectivity index (χ4v) is 3.24. The van der Waals surface area contributed by atoms with Crippen LogP contribution in [-0.4, -0.2) is 48.3 Å². The molecule has 0 radical (unpaired) electrons. The van der Waals surface area contributed by atoms with E-state index in [0.29, 0.717) is 6.42 Å². The lowest BCUT2D eigenvalue weighted by atomic mass is 9.93. The molecular weight excluding hydrogens is 705 g/mol. The number of ether oxygens (including phenoxy) is 3. The summed E-state index contributed by atoms with van der Waals surface area (Å²) in [6.45, 7) is 5.79. The van der Waals surface area contributed by atoms with Crippen LogP contribution in [0.15, 0.2) is 0 Å². The molecule has 0 spiro atoms. The van der Waals surface area contributed by atoms with Gasteiger partial charge in [-0.15, -0.1) is 0 Å². The van der Waals surface area contributed by atoms with Gasteiger partial charge in [-0.1, -0.05) is 25.7 Å². The van der Waals surface area contributed by atoms with Crippen LogP contribution >= 0.6 is 0 Å². The SMILES string of the molecule is CC#CC#CC#CC#CC#CC#CC#CC#CC(=O)OCC(COC(=O)C#CC#CC#CC#CC#CC#CC#CC#CC)OC(=O)CC(C)CC(C)CC(=O)O. The molecule has 0 rings (SSSR count). The van der Waals surface area contributed by atoms with E-state index in [1.54, 1.807) is 27.7 Å². The zero-order valence-electron chi connectivity index (χ0n) is 30.6. The molecular formula is C48H26O8. The third kappa shape index (κ3) is 33.3. The molecule has 2 atom stereocenters. The number of aliphatic carboxylic acids is 1. The highest BCUT2D eigenvalue weighted by molar-refractivity contribution is 5.89. The number of hydrogen-bond donors (Lipinski definition) is 1. The molecule has 0 aliphatic rings. The number of rotatable bonds is 11. The van der Waals surface area contributed by atoms with Crippen molar-refractivity contribution in [2.45, 2.75) is 53.1 Å². The normalized spacial score (nSPS) is 7.88. The summed E-state index contributed by atoms with van der Waals surface area (Å²) in [5.74, 6) is 73.5. The standard InChI is InChI=1S/C48H26O8/c1-5-7-9-11-13-15-17-19-21-23-25-27-29-31-33-35-46(51)54-40-44(56-48(53)39-43(4)37-42(3)38-45(49)50)41-55-47(52)36-34-32-30-28-26-24-22-20-18-16-14-12-10-8-6-2/h42-44H,37-41H2,1-4H3,(H,49,50). The van der Waals surface area contributed by atoms with Gasteiger partial charge >= 0.3 is 23.9 Å². The Labute approximate surface area is 329 Å². The number of carbonyl (C=O) groups is 4. The summed E-state index contributed by atoms with van der Waals surface area (Å²) in [6, 6.07) is 0. The fraction of sp³-hybridized carbons (Fsp3) is 0.250. The Hall–Kier alpha value is -9.16. The molecule has 0 bridgehead atoms. The van der Waals surface area contributed by atoms with Crippen molar-refractivity contribution in [1.82, 2.24) is 0 Å². The van der Waals surface area contributed by atoms with E-state index < -0.39 is 43.2 Å². The van der Waals surface area contributed by atoms with E-state index in [2.05, 4.69) is 189 Å². The highest BCUT2D eigenvalue weighted by atomic mass is 16.6. The Morgan fingerprint density at radius 3 is 1.04 bits per heavy atom. The molecule has 2 unspecified atom stereocenters. The van der Waals surface area contributed by atoms with Crippen LogP contribution in [0, 0.1) is 201 Å². The zero-order chi connectivity index (χ0) is 41.3. The first kappa shape index (κ1) is 46.8. The summed E-state index contributed by atoms with van der Waals surface area (Å²) in [7, 11) is 0. The van der Waals surface area contributed by atoms with Crippen molar-refractivity contribution in [1.29, 1.82) is 0 Å². The summed E-state index contributed by atoms with van der Waals surface area (Å²) >= 11 is 0. The van der Waals surface area contributed by atoms with Gasteiger partial charge in [0.15, 0.2) is 6.10 Å². The van der Waals surface area contributed by atoms with Crippen molar-refractivity contribution < 1.29 is 38.5 Å². The largest absolute Gasteiger partial charge is 0.481 e. The van der Waals surface area contributed by atoms with Gasteiger partial charge in [-0.25, -0.2) is 9.59 Å². The minimum atomic E-state index is -1.22. The predicted octanol–water partition coefficient (Wildman–Crippen LogP) is 1.61. The van der Waals surface area contributed by atoms with E-state index in [0.717, 1.165) is 0 Å². The van der Waals surface area contributed by atoms with Crippen LogP contribution in [-0.2, 0) is 33.4 Å². The van der Waals surface area contributed by atoms with Crippen LogP contribution < -0.4 is 0 Å². The van der Waals surface area contributed by atoms with Gasteiger partial charge in [0.25, 0.3) is 0 Å². The molecule has 8 nitrogen and oxygen atoms in total. The van der Waals surface area contributed by atoms with E-state index in [9.17, 15) is 19.2 Å². The maximum absolute atomic E-state index is 12.6. The topological polar surface area (TPSA) is 116 Å². The van der Waals surface area contributed by atoms with Crippen molar-refractivity contribution >= 4 is 23.9 Å². The Morgan fingerprint density at radius 1 is 0.446 bits per heavy atom. The molecule has 0 aliphatic heterocycles. The van der Waals surface area contributed by atoms with E-state index >= 15 is 0 Å². The van der Waals surface area contributed by atoms with Gasteiger partial charge in [0.05, 0.1) is 0 Å². The lowest BCUT2D eigenvalue weighted by Gasteiger charge is -2.19. The van der Waals surface area contributed by atoms with Crippen molar-refractivity contribution in [3.63, 3.8) is 0 Å². The molecule has 0 heterocycles. The molecule has 1 N–H and O–H groups in total. The quantitative estimate of drug-likeness (QED) is 0.148. The maximum atomic E-state index is 12.6. The second-order valence-corrected chi connectivity index (χ2v) is 9.81. The predicted molar refractivity (Wildman–Crippen MR) is 207 cm³/mol. The van der Waals surface area contributed by atoms with Crippen molar-refractivity contribution in [2.75, 3.05) is 13.2 Å². The summed E-state index contributed by atoms with van der Waals surface area (Å²) in [6.07, 6.45) is -0.895. The maximum Gasteiger partial charge on any atom is 0.385 e. The van der Waals surface area contributed by atoms with Crippen molar-refractivity contribution in [2.24, 2.45) is 11.8 Å². The number of esters is 3. The molecule has 8 heteroatoms. The number of carboxylic acids is 1. The Bertz CT molecular complexity index is 2410. The average molecular weight is 731 g/mol. The average Bonchev–Trinajstić information content (AvgIpc) is 3.15. The van der Waals surface area contributed by atoms with Gasteiger partial charge in [0, 0.05) is 24.7 Å². The molecule has 0 aliphatic carbocycles. The molecule has 0 saturated heterocycles. The lowest BCUT2D eigenvalue weighted by Crippen LogP contribution is -2.31. The van der Waals surface area contributed by atoms with Crippen LogP contribution in [0.3, 0.4) is 0 Å². The Kier molecular flexibility index (Phi) is 28.7. The molecule has 0 saturated carbocycles. The summed E-state index contributed by atoms with van der Waals surface area (Å²) in [4.78, 5) is 47.8. The monoisotopic (exact) mass is 730 g/mol. The van der Waals surface area contributed by atoms with Gasteiger partial charge in [0.2, 0.25) is 0 Å². The van der Waals surface area contributed by atoms with Gasteiger partial charge in [-0.2, -0.15) is 0 Å². The number of carbonyl (C=O) groups excluding carboxylic acids is 3. The van der Waals surface area contributed by atoms with Crippen molar-refractivity contribution in [3.05, 3.63) is 0 Å². The first-order valence-corrected chi connectivity index (χ1v) is 15.8. The van der Waals surface area contributed by atoms with E-state index in [1.165, 1.54) is 0 Å². The van der Waals surface area contributed by atoms with E-state index in [1.807, 2.05) is 0 Å². The van der Waals surface area contributed by atoms with Crippen LogP contribution in [0.2, 0.25) is 0 Å². The Morgan fingerprint density at radius 2 is 0.732 bits per heavy atom. The molecule has 266 valence electrons. The van der Waals surface area contributed by atoms with Crippen LogP contribution in [0.5, 0.6) is 0 Å². The number of carboxylic acid groups (broad SMARTS) is 1. The second-order valence-electron chi connectivity index (χ2n) is 9.81. The first-order chi connectivity index (χ1) is 27.2. The second kappa shape index (κ2) is 34.3. The summed E-state index contributed by atoms with van der Waals surface area (Å²) in [5, 5.41) is 8.98. The smallest absolute Gasteiger partial charge is 0.385 e. The molecule has 0 amide bonds. The number of hydrogen-bond acceptors (Lipinski definition) is 7. The van der Waals surface area contributed by atoms with Gasteiger partial charge in [-0.3, -0.25) is 9.59 Å².